The third-order valence-corrected chi connectivity index (χ3v) is 8.16. The molecule has 3 saturated carbocycles. The van der Waals surface area contributed by atoms with Crippen molar-refractivity contribution < 1.29 is 0 Å². The lowest BCUT2D eigenvalue weighted by Gasteiger charge is -2.05. The smallest absolute Gasteiger partial charge is 0.0184 e. The summed E-state index contributed by atoms with van der Waals surface area (Å²) in [6.07, 6.45) is 30.8. The van der Waals surface area contributed by atoms with Crippen molar-refractivity contribution in [3.63, 3.8) is 0 Å². The first-order valence-electron chi connectivity index (χ1n) is 34.6. The molecule has 8 rings (SSSR count). The Hall–Kier alpha value is -3.64. The van der Waals surface area contributed by atoms with E-state index in [0.717, 1.165) is 0 Å². The van der Waals surface area contributed by atoms with Crippen LogP contribution in [0.25, 0.3) is 10.8 Å². The zero-order valence-corrected chi connectivity index (χ0v) is 60.9. The monoisotopic (exact) mass is 1140 g/mol. The fraction of sp³-hybridized carbons (Fsp3) is 0.654. The van der Waals surface area contributed by atoms with E-state index < -0.39 is 0 Å². The van der Waals surface area contributed by atoms with Gasteiger partial charge in [-0.3, -0.25) is 0 Å². The van der Waals surface area contributed by atoms with Gasteiger partial charge in [-0.2, -0.15) is 0 Å². The molecule has 0 saturated heterocycles. The summed E-state index contributed by atoms with van der Waals surface area (Å²) >= 11 is 0. The van der Waals surface area contributed by atoms with Gasteiger partial charge in [0.2, 0.25) is 0 Å². The minimum absolute atomic E-state index is 0. The number of fused-ring (bicyclic) bond motifs is 1. The third kappa shape index (κ3) is 166. The molecule has 5 aromatic carbocycles. The van der Waals surface area contributed by atoms with Crippen LogP contribution in [0.4, 0.5) is 0 Å². The van der Waals surface area contributed by atoms with E-state index in [0.29, 0.717) is 0 Å². The van der Waals surface area contributed by atoms with Gasteiger partial charge in [0.15, 0.2) is 0 Å². The molecular formula is C81H166. The highest BCUT2D eigenvalue weighted by atomic mass is 14.0. The fourth-order valence-corrected chi connectivity index (χ4v) is 5.47. The van der Waals surface area contributed by atoms with E-state index >= 15 is 0 Å². The lowest BCUT2D eigenvalue weighted by atomic mass is 10.0. The Kier molecular flexibility index (Phi) is 263. The molecule has 0 spiro atoms. The molecule has 490 valence electrons. The zero-order chi connectivity index (χ0) is 64.4. The fourth-order valence-electron chi connectivity index (χ4n) is 5.47. The van der Waals surface area contributed by atoms with Crippen molar-refractivity contribution >= 4 is 10.8 Å². The van der Waals surface area contributed by atoms with Crippen LogP contribution in [0.2, 0.25) is 0 Å². The number of benzene rings is 5. The second-order valence-corrected chi connectivity index (χ2v) is 14.3. The van der Waals surface area contributed by atoms with Gasteiger partial charge in [-0.1, -0.05) is 515 Å². The molecule has 0 atom stereocenters. The molecule has 0 radical (unpaired) electrons. The van der Waals surface area contributed by atoms with Gasteiger partial charge >= 0.3 is 0 Å². The average Bonchev–Trinajstić information content (AvgIpc) is 3.60. The van der Waals surface area contributed by atoms with Crippen LogP contribution in [-0.2, 0) is 0 Å². The van der Waals surface area contributed by atoms with Gasteiger partial charge in [0.1, 0.15) is 0 Å². The summed E-state index contributed by atoms with van der Waals surface area (Å²) < 4.78 is 0. The van der Waals surface area contributed by atoms with E-state index in [-0.39, 0.29) is 14.9 Å². The third-order valence-electron chi connectivity index (χ3n) is 8.16. The van der Waals surface area contributed by atoms with Crippen molar-refractivity contribution in [2.75, 3.05) is 0 Å². The van der Waals surface area contributed by atoms with Crippen molar-refractivity contribution in [1.29, 1.82) is 0 Å². The Morgan fingerprint density at radius 1 is 0.160 bits per heavy atom. The molecule has 0 amide bonds. The van der Waals surface area contributed by atoms with Gasteiger partial charge in [0, 0.05) is 0 Å². The van der Waals surface area contributed by atoms with Gasteiger partial charge < -0.3 is 0 Å². The van der Waals surface area contributed by atoms with E-state index in [9.17, 15) is 0 Å². The van der Waals surface area contributed by atoms with Crippen LogP contribution < -0.4 is 0 Å². The van der Waals surface area contributed by atoms with E-state index in [2.05, 4.69) is 90.1 Å². The second-order valence-electron chi connectivity index (χ2n) is 14.3. The maximum absolute atomic E-state index is 2.12. The van der Waals surface area contributed by atoms with Crippen LogP contribution in [0, 0.1) is 0 Å². The second kappa shape index (κ2) is 178. The Balaban J connectivity index is -0.0000000401. The summed E-state index contributed by atoms with van der Waals surface area (Å²) in [5, 5.41) is 2.62. The highest BCUT2D eigenvalue weighted by Gasteiger charge is 1.97. The van der Waals surface area contributed by atoms with Gasteiger partial charge in [-0.15, -0.1) is 0 Å². The van der Waals surface area contributed by atoms with E-state index in [1.807, 2.05) is 275 Å². The molecule has 3 aliphatic carbocycles. The topological polar surface area (TPSA) is 0 Å². The van der Waals surface area contributed by atoms with Crippen LogP contribution >= 0.6 is 0 Å². The Bertz CT molecular complexity index is 981. The molecule has 0 unspecified atom stereocenters. The molecule has 5 aromatic rings. The van der Waals surface area contributed by atoms with Crippen molar-refractivity contribution in [3.8, 4) is 0 Å². The summed E-state index contributed by atoms with van der Waals surface area (Å²) in [7, 11) is 0. The van der Waals surface area contributed by atoms with Crippen molar-refractivity contribution in [2.45, 2.75) is 357 Å². The van der Waals surface area contributed by atoms with Gasteiger partial charge in [-0.05, 0) is 10.8 Å². The summed E-state index contributed by atoms with van der Waals surface area (Å²) in [4.78, 5) is 0. The molecular weight excluding hydrogens is 973 g/mol. The summed E-state index contributed by atoms with van der Waals surface area (Å²) in [6, 6.07) is 52.7. The predicted octanol–water partition coefficient (Wildman–Crippen LogP) is 32.8. The van der Waals surface area contributed by atoms with E-state index in [4.69, 9.17) is 0 Å². The summed E-state index contributed by atoms with van der Waals surface area (Å²) in [5.74, 6) is 0. The highest BCUT2D eigenvalue weighted by molar-refractivity contribution is 5.82. The molecule has 0 aromatic heterocycles. The zero-order valence-electron chi connectivity index (χ0n) is 60.9. The normalized spacial score (nSPS) is 9.90. The first kappa shape index (κ1) is 120. The molecule has 81 heavy (non-hydrogen) atoms. The lowest BCUT2D eigenvalue weighted by Crippen LogP contribution is -1.85. The number of hydrogen-bond acceptors (Lipinski definition) is 0. The standard InChI is InChI=1S/C10H8.3C6H12.3C6H6.3C3H8.12C2H6.2CH4/c1-2-6-10-8-4-3-7-9(10)5-1;6*1-2-4-6-5-3-1;3*1-3-2;12*1-2;;/h1-8H;3*1-6H2;3*1-6H;3*3H2,1-2H3;12*1-2H3;2*1H4. The molecule has 0 heteroatoms. The maximum Gasteiger partial charge on any atom is -0.0184 e. The minimum atomic E-state index is 0. The van der Waals surface area contributed by atoms with E-state index in [1.165, 1.54) is 146 Å². The lowest BCUT2D eigenvalue weighted by molar-refractivity contribution is 0.504. The van der Waals surface area contributed by atoms with Gasteiger partial charge in [0.05, 0.1) is 0 Å². The predicted molar refractivity (Wildman–Crippen MR) is 404 cm³/mol. The van der Waals surface area contributed by atoms with Crippen molar-refractivity contribution in [1.82, 2.24) is 0 Å². The SMILES string of the molecule is C.C.C1CCCCC1.C1CCCCC1.C1CCCCC1.CC.CC.CC.CC.CC.CC.CC.CC.CC.CC.CC.CC.CCC.CCC.CCC.c1ccc2ccccc2c1.c1ccccc1.c1ccccc1.c1ccccc1. The average molecular weight is 1140 g/mol. The Labute approximate surface area is 523 Å². The minimum Gasteiger partial charge on any atom is -0.0776 e. The first-order chi connectivity index (χ1) is 39.2. The maximum atomic E-state index is 2.12. The molecule has 0 aliphatic heterocycles. The van der Waals surface area contributed by atoms with Gasteiger partial charge in [0.25, 0.3) is 0 Å². The summed E-state index contributed by atoms with van der Waals surface area (Å²) in [5.41, 5.74) is 0. The van der Waals surface area contributed by atoms with E-state index in [1.54, 1.807) is 0 Å². The molecule has 0 N–H and O–H groups in total. The van der Waals surface area contributed by atoms with Crippen molar-refractivity contribution in [3.05, 3.63) is 158 Å². The highest BCUT2D eigenvalue weighted by Crippen LogP contribution is 2.16. The molecule has 0 bridgehead atoms. The number of hydrogen-bond donors (Lipinski definition) is 0. The van der Waals surface area contributed by atoms with Crippen LogP contribution in [0.1, 0.15) is 357 Å². The first-order valence-corrected chi connectivity index (χ1v) is 34.6. The van der Waals surface area contributed by atoms with Crippen LogP contribution in [-0.4, -0.2) is 0 Å². The largest absolute Gasteiger partial charge is 0.0776 e. The van der Waals surface area contributed by atoms with Gasteiger partial charge in [-0.25, -0.2) is 0 Å². The number of rotatable bonds is 0. The molecule has 0 heterocycles. The Morgan fingerprint density at radius 2 is 0.222 bits per heavy atom. The molecule has 3 fully saturated rings. The molecule has 3 aliphatic rings. The van der Waals surface area contributed by atoms with Crippen LogP contribution in [0.15, 0.2) is 158 Å². The van der Waals surface area contributed by atoms with Crippen LogP contribution in [0.3, 0.4) is 0 Å². The van der Waals surface area contributed by atoms with Crippen molar-refractivity contribution in [2.24, 2.45) is 0 Å². The molecule has 0 nitrogen and oxygen atoms in total. The quantitative estimate of drug-likeness (QED) is 0.145. The Morgan fingerprint density at radius 3 is 0.284 bits per heavy atom. The van der Waals surface area contributed by atoms with Crippen LogP contribution in [0.5, 0.6) is 0 Å². The summed E-state index contributed by atoms with van der Waals surface area (Å²) in [6.45, 7) is 60.8.